The predicted molar refractivity (Wildman–Crippen MR) is 104 cm³/mol. The monoisotopic (exact) mass is 328 g/mol. The highest BCUT2D eigenvalue weighted by atomic mass is 16.2. The van der Waals surface area contributed by atoms with Crippen LogP contribution < -0.4 is 0 Å². The first-order valence-electron chi connectivity index (χ1n) is 8.71. The summed E-state index contributed by atoms with van der Waals surface area (Å²) in [6.07, 6.45) is 1.79. The average Bonchev–Trinajstić information content (AvgIpc) is 2.51. The van der Waals surface area contributed by atoms with Crippen LogP contribution >= 0.6 is 0 Å². The molecular weight excluding hydrogens is 296 g/mol. The molecule has 0 saturated heterocycles. The molecule has 0 fully saturated rings. The number of hydrogen-bond acceptors (Lipinski definition) is 2. The molecule has 0 bridgehead atoms. The third-order valence-corrected chi connectivity index (χ3v) is 4.19. The zero-order valence-electron chi connectivity index (χ0n) is 16.5. The minimum absolute atomic E-state index is 0.000342. The lowest BCUT2D eigenvalue weighted by molar-refractivity contribution is -0.125. The SMILES string of the molecule is CCN(C(=O)C(C)=N/C=C(\C)c1ccc(C(C)(C)C)cc1)C(C)C. The summed E-state index contributed by atoms with van der Waals surface area (Å²) in [6, 6.07) is 8.73. The van der Waals surface area contributed by atoms with Crippen molar-refractivity contribution in [2.75, 3.05) is 6.54 Å². The van der Waals surface area contributed by atoms with Crippen molar-refractivity contribution in [1.82, 2.24) is 4.90 Å². The van der Waals surface area contributed by atoms with Gasteiger partial charge in [-0.25, -0.2) is 0 Å². The molecule has 1 aromatic rings. The second-order valence-corrected chi connectivity index (χ2v) is 7.54. The van der Waals surface area contributed by atoms with Crippen LogP contribution in [-0.2, 0) is 10.2 Å². The van der Waals surface area contributed by atoms with Crippen LogP contribution in [0.1, 0.15) is 66.5 Å². The van der Waals surface area contributed by atoms with Crippen molar-refractivity contribution in [3.05, 3.63) is 41.6 Å². The topological polar surface area (TPSA) is 32.7 Å². The van der Waals surface area contributed by atoms with Gasteiger partial charge in [0, 0.05) is 18.8 Å². The lowest BCUT2D eigenvalue weighted by Crippen LogP contribution is -2.40. The molecule has 0 aliphatic carbocycles. The summed E-state index contributed by atoms with van der Waals surface area (Å²) in [4.78, 5) is 18.6. The fourth-order valence-corrected chi connectivity index (χ4v) is 2.51. The van der Waals surface area contributed by atoms with Crippen molar-refractivity contribution < 1.29 is 4.79 Å². The van der Waals surface area contributed by atoms with E-state index in [1.165, 1.54) is 5.56 Å². The van der Waals surface area contributed by atoms with Gasteiger partial charge in [-0.2, -0.15) is 0 Å². The summed E-state index contributed by atoms with van der Waals surface area (Å²) in [5, 5.41) is 0. The molecule has 0 heterocycles. The lowest BCUT2D eigenvalue weighted by atomic mass is 9.86. The summed E-state index contributed by atoms with van der Waals surface area (Å²) in [5.74, 6) is -0.000342. The Balaban J connectivity index is 2.94. The Labute approximate surface area is 147 Å². The average molecular weight is 329 g/mol. The maximum absolute atomic E-state index is 12.4. The first-order chi connectivity index (χ1) is 11.1. The first kappa shape index (κ1) is 20.1. The summed E-state index contributed by atoms with van der Waals surface area (Å²) in [6.45, 7) is 17.1. The van der Waals surface area contributed by atoms with E-state index in [9.17, 15) is 4.79 Å². The Morgan fingerprint density at radius 2 is 1.71 bits per heavy atom. The Morgan fingerprint density at radius 3 is 2.12 bits per heavy atom. The van der Waals surface area contributed by atoms with Gasteiger partial charge in [-0.1, -0.05) is 45.0 Å². The van der Waals surface area contributed by atoms with E-state index in [-0.39, 0.29) is 17.4 Å². The van der Waals surface area contributed by atoms with Crippen LogP contribution in [0.2, 0.25) is 0 Å². The van der Waals surface area contributed by atoms with Crippen LogP contribution in [0.5, 0.6) is 0 Å². The highest BCUT2D eigenvalue weighted by molar-refractivity contribution is 6.38. The van der Waals surface area contributed by atoms with Gasteiger partial charge in [0.2, 0.25) is 0 Å². The van der Waals surface area contributed by atoms with E-state index in [2.05, 4.69) is 50.0 Å². The molecule has 132 valence electrons. The molecule has 0 saturated carbocycles. The number of aliphatic imine (C=N–C) groups is 1. The van der Waals surface area contributed by atoms with Crippen LogP contribution in [0.15, 0.2) is 35.5 Å². The molecule has 0 N–H and O–H groups in total. The fraction of sp³-hybridized carbons (Fsp3) is 0.524. The molecular formula is C21H32N2O. The Kier molecular flexibility index (Phi) is 6.94. The van der Waals surface area contributed by atoms with E-state index in [1.54, 1.807) is 13.1 Å². The minimum Gasteiger partial charge on any atom is -0.335 e. The number of rotatable bonds is 5. The number of hydrogen-bond donors (Lipinski definition) is 0. The van der Waals surface area contributed by atoms with Gasteiger partial charge in [-0.05, 0) is 56.7 Å². The molecule has 0 atom stereocenters. The predicted octanol–water partition coefficient (Wildman–Crippen LogP) is 5.06. The molecule has 24 heavy (non-hydrogen) atoms. The molecule has 1 aromatic carbocycles. The van der Waals surface area contributed by atoms with Crippen LogP contribution in [0, 0.1) is 0 Å². The summed E-state index contributed by atoms with van der Waals surface area (Å²) >= 11 is 0. The zero-order valence-corrected chi connectivity index (χ0v) is 16.5. The molecule has 0 aliphatic heterocycles. The van der Waals surface area contributed by atoms with Crippen molar-refractivity contribution in [2.45, 2.75) is 66.8 Å². The van der Waals surface area contributed by atoms with E-state index in [0.29, 0.717) is 12.3 Å². The highest BCUT2D eigenvalue weighted by Gasteiger charge is 2.17. The van der Waals surface area contributed by atoms with Gasteiger partial charge in [0.25, 0.3) is 5.91 Å². The van der Waals surface area contributed by atoms with Crippen LogP contribution in [0.3, 0.4) is 0 Å². The van der Waals surface area contributed by atoms with E-state index in [4.69, 9.17) is 0 Å². The largest absolute Gasteiger partial charge is 0.335 e. The van der Waals surface area contributed by atoms with Gasteiger partial charge >= 0.3 is 0 Å². The maximum Gasteiger partial charge on any atom is 0.268 e. The van der Waals surface area contributed by atoms with Crippen molar-refractivity contribution in [2.24, 2.45) is 4.99 Å². The van der Waals surface area contributed by atoms with Gasteiger partial charge in [0.05, 0.1) is 0 Å². The van der Waals surface area contributed by atoms with Crippen LogP contribution in [0.4, 0.5) is 0 Å². The molecule has 0 spiro atoms. The highest BCUT2D eigenvalue weighted by Crippen LogP contribution is 2.24. The van der Waals surface area contributed by atoms with Crippen molar-refractivity contribution in [3.63, 3.8) is 0 Å². The van der Waals surface area contributed by atoms with Crippen molar-refractivity contribution in [3.8, 4) is 0 Å². The molecule has 0 unspecified atom stereocenters. The van der Waals surface area contributed by atoms with Gasteiger partial charge < -0.3 is 4.90 Å². The molecule has 1 amide bonds. The minimum atomic E-state index is -0.000342. The number of amides is 1. The Bertz CT molecular complexity index is 616. The second-order valence-electron chi connectivity index (χ2n) is 7.54. The zero-order chi connectivity index (χ0) is 18.5. The second kappa shape index (κ2) is 8.27. The normalized spacial score (nSPS) is 13.4. The number of allylic oxidation sites excluding steroid dienone is 1. The van der Waals surface area contributed by atoms with E-state index < -0.39 is 0 Å². The number of nitrogens with zero attached hydrogens (tertiary/aromatic N) is 2. The van der Waals surface area contributed by atoms with E-state index >= 15 is 0 Å². The number of benzene rings is 1. The number of carbonyl (C=O) groups excluding carboxylic acids is 1. The van der Waals surface area contributed by atoms with Crippen LogP contribution in [0.25, 0.3) is 5.57 Å². The molecule has 0 aliphatic rings. The summed E-state index contributed by atoms with van der Waals surface area (Å²) < 4.78 is 0. The van der Waals surface area contributed by atoms with Crippen molar-refractivity contribution >= 4 is 17.2 Å². The summed E-state index contributed by atoms with van der Waals surface area (Å²) in [7, 11) is 0. The van der Waals surface area contributed by atoms with Gasteiger partial charge in [0.15, 0.2) is 0 Å². The fourth-order valence-electron chi connectivity index (χ4n) is 2.51. The van der Waals surface area contributed by atoms with E-state index in [0.717, 1.165) is 11.1 Å². The smallest absolute Gasteiger partial charge is 0.268 e. The standard InChI is InChI=1S/C21H32N2O/c1-9-23(15(2)3)20(24)17(5)22-14-16(4)18-10-12-19(13-11-18)21(6,7)8/h10-15H,9H2,1-8H3/b16-14+,22-17?. The lowest BCUT2D eigenvalue weighted by Gasteiger charge is -2.24. The molecule has 3 heteroatoms. The van der Waals surface area contributed by atoms with Gasteiger partial charge in [0.1, 0.15) is 5.71 Å². The van der Waals surface area contributed by atoms with Gasteiger partial charge in [-0.3, -0.25) is 9.79 Å². The van der Waals surface area contributed by atoms with Gasteiger partial charge in [-0.15, -0.1) is 0 Å². The Morgan fingerprint density at radius 1 is 1.17 bits per heavy atom. The third-order valence-electron chi connectivity index (χ3n) is 4.19. The quantitative estimate of drug-likeness (QED) is 0.695. The third kappa shape index (κ3) is 5.33. The first-order valence-corrected chi connectivity index (χ1v) is 8.71. The summed E-state index contributed by atoms with van der Waals surface area (Å²) in [5.41, 5.74) is 4.16. The molecule has 0 radical (unpaired) electrons. The number of carbonyl (C=O) groups is 1. The Hall–Kier alpha value is -1.90. The maximum atomic E-state index is 12.4. The molecule has 0 aromatic heterocycles. The van der Waals surface area contributed by atoms with Crippen LogP contribution in [-0.4, -0.2) is 29.1 Å². The molecule has 1 rings (SSSR count). The van der Waals surface area contributed by atoms with Crippen molar-refractivity contribution in [1.29, 1.82) is 0 Å². The van der Waals surface area contributed by atoms with E-state index in [1.807, 2.05) is 32.6 Å². The molecule has 3 nitrogen and oxygen atoms in total.